The van der Waals surface area contributed by atoms with Gasteiger partial charge in [-0.3, -0.25) is 4.79 Å². The second-order valence-electron chi connectivity index (χ2n) is 8.18. The molecule has 2 unspecified atom stereocenters. The predicted octanol–water partition coefficient (Wildman–Crippen LogP) is 4.83. The topological polar surface area (TPSA) is 32.8 Å². The molecule has 0 aromatic heterocycles. The van der Waals surface area contributed by atoms with Gasteiger partial charge in [-0.2, -0.15) is 0 Å². The average Bonchev–Trinajstić information content (AvgIpc) is 3.11. The van der Waals surface area contributed by atoms with Gasteiger partial charge in [0.05, 0.1) is 16.4 Å². The third-order valence-electron chi connectivity index (χ3n) is 6.09. The van der Waals surface area contributed by atoms with Crippen LogP contribution in [0.15, 0.2) is 59.8 Å². The van der Waals surface area contributed by atoms with E-state index in [9.17, 15) is 4.79 Å². The highest BCUT2D eigenvalue weighted by Gasteiger charge is 2.36. The van der Waals surface area contributed by atoms with Gasteiger partial charge in [0.15, 0.2) is 5.78 Å². The number of alkyl halides is 1. The molecule has 0 radical (unpaired) electrons. The summed E-state index contributed by atoms with van der Waals surface area (Å²) in [6.45, 7) is 5.61. The fourth-order valence-electron chi connectivity index (χ4n) is 4.52. The van der Waals surface area contributed by atoms with Crippen LogP contribution in [-0.4, -0.2) is 59.3 Å². The monoisotopic (exact) mass is 446 g/mol. The number of piperidine rings is 1. The lowest BCUT2D eigenvalue weighted by atomic mass is 9.93. The van der Waals surface area contributed by atoms with Gasteiger partial charge >= 0.3 is 0 Å². The Bertz CT molecular complexity index is 872. The van der Waals surface area contributed by atoms with Gasteiger partial charge in [-0.15, -0.1) is 11.6 Å². The van der Waals surface area contributed by atoms with Crippen molar-refractivity contribution in [1.29, 1.82) is 0 Å². The fourth-order valence-corrected chi connectivity index (χ4v) is 5.06. The van der Waals surface area contributed by atoms with Crippen molar-refractivity contribution in [2.24, 2.45) is 0 Å². The largest absolute Gasteiger partial charge is 0.489 e. The van der Waals surface area contributed by atoms with Crippen molar-refractivity contribution >= 4 is 29.0 Å². The van der Waals surface area contributed by atoms with Gasteiger partial charge in [-0.05, 0) is 50.4 Å². The molecule has 1 fully saturated rings. The summed E-state index contributed by atoms with van der Waals surface area (Å²) in [5.41, 5.74) is 1.86. The van der Waals surface area contributed by atoms with Crippen LogP contribution in [0.2, 0.25) is 5.02 Å². The first-order chi connectivity index (χ1) is 14.5. The van der Waals surface area contributed by atoms with Crippen molar-refractivity contribution in [3.63, 3.8) is 0 Å². The van der Waals surface area contributed by atoms with Gasteiger partial charge in [-0.25, -0.2) is 0 Å². The van der Waals surface area contributed by atoms with Crippen molar-refractivity contribution < 1.29 is 9.53 Å². The number of Topliss-reactive ketones (excluding diaryl/α,β-unsaturated/α-hetero) is 1. The van der Waals surface area contributed by atoms with Crippen molar-refractivity contribution in [1.82, 2.24) is 9.80 Å². The molecule has 0 N–H and O–H groups in total. The maximum absolute atomic E-state index is 12.0. The van der Waals surface area contributed by atoms with Crippen LogP contribution in [0.25, 0.3) is 0 Å². The number of carbonyl (C=O) groups excluding carboxylic acids is 1. The Kier molecular flexibility index (Phi) is 6.87. The molecule has 3 aliphatic rings. The zero-order chi connectivity index (χ0) is 21.1. The lowest BCUT2D eigenvalue weighted by Crippen LogP contribution is -2.41. The number of hydrogen-bond donors (Lipinski definition) is 0. The van der Waals surface area contributed by atoms with E-state index in [2.05, 4.69) is 9.80 Å². The molecule has 4 nitrogen and oxygen atoms in total. The van der Waals surface area contributed by atoms with E-state index in [-0.39, 0.29) is 23.3 Å². The molecule has 30 heavy (non-hydrogen) atoms. The highest BCUT2D eigenvalue weighted by Crippen LogP contribution is 2.35. The minimum Gasteiger partial charge on any atom is -0.489 e. The fraction of sp³-hybridized carbons (Fsp3) is 0.458. The molecule has 1 aromatic rings. The van der Waals surface area contributed by atoms with Crippen molar-refractivity contribution in [3.05, 3.63) is 64.9 Å². The van der Waals surface area contributed by atoms with Gasteiger partial charge in [0.1, 0.15) is 11.9 Å². The van der Waals surface area contributed by atoms with Crippen LogP contribution in [0.3, 0.4) is 0 Å². The number of nitrogens with zero attached hydrogens (tertiary/aromatic N) is 2. The third kappa shape index (κ3) is 4.77. The summed E-state index contributed by atoms with van der Waals surface area (Å²) in [5.74, 6) is 0.884. The number of benzene rings is 1. The Morgan fingerprint density at radius 3 is 2.70 bits per heavy atom. The summed E-state index contributed by atoms with van der Waals surface area (Å²) in [5, 5.41) is 0.572. The molecule has 160 valence electrons. The van der Waals surface area contributed by atoms with Crippen LogP contribution in [-0.2, 0) is 4.79 Å². The molecule has 0 spiro atoms. The van der Waals surface area contributed by atoms with Crippen molar-refractivity contribution in [3.8, 4) is 5.75 Å². The van der Waals surface area contributed by atoms with E-state index in [1.807, 2.05) is 48.7 Å². The number of carbonyl (C=O) groups is 1. The second-order valence-corrected chi connectivity index (χ2v) is 9.09. The van der Waals surface area contributed by atoms with E-state index in [1.165, 1.54) is 0 Å². The summed E-state index contributed by atoms with van der Waals surface area (Å²) in [6.07, 6.45) is 11.3. The predicted molar refractivity (Wildman–Crippen MR) is 122 cm³/mol. The van der Waals surface area contributed by atoms with Gasteiger partial charge in [-0.1, -0.05) is 42.0 Å². The molecule has 6 heteroatoms. The van der Waals surface area contributed by atoms with E-state index >= 15 is 0 Å². The zero-order valence-corrected chi connectivity index (χ0v) is 18.8. The molecule has 1 aromatic carbocycles. The van der Waals surface area contributed by atoms with Gasteiger partial charge < -0.3 is 14.5 Å². The van der Waals surface area contributed by atoms with Crippen LogP contribution >= 0.6 is 23.2 Å². The highest BCUT2D eigenvalue weighted by atomic mass is 35.5. The number of para-hydroxylation sites is 1. The lowest BCUT2D eigenvalue weighted by Gasteiger charge is -2.34. The van der Waals surface area contributed by atoms with Crippen LogP contribution in [0.5, 0.6) is 5.75 Å². The minimum absolute atomic E-state index is 0.0744. The van der Waals surface area contributed by atoms with Gasteiger partial charge in [0.25, 0.3) is 0 Å². The first-order valence-corrected chi connectivity index (χ1v) is 11.5. The lowest BCUT2D eigenvalue weighted by molar-refractivity contribution is -0.113. The summed E-state index contributed by atoms with van der Waals surface area (Å²) >= 11 is 12.8. The number of fused-ring (bicyclic) bond motifs is 1. The van der Waals surface area contributed by atoms with E-state index in [0.717, 1.165) is 62.3 Å². The Morgan fingerprint density at radius 2 is 1.97 bits per heavy atom. The molecule has 2 atom stereocenters. The Morgan fingerprint density at radius 1 is 1.20 bits per heavy atom. The highest BCUT2D eigenvalue weighted by molar-refractivity contribution is 6.32. The molecule has 4 rings (SSSR count). The summed E-state index contributed by atoms with van der Waals surface area (Å²) in [6, 6.07) is 7.74. The maximum atomic E-state index is 12.0. The number of ether oxygens (including phenoxy) is 1. The smallest absolute Gasteiger partial charge is 0.161 e. The number of ketones is 1. The van der Waals surface area contributed by atoms with Gasteiger partial charge in [0.2, 0.25) is 0 Å². The maximum Gasteiger partial charge on any atom is 0.161 e. The Balaban J connectivity index is 1.24. The molecule has 0 bridgehead atoms. The number of hydrogen-bond acceptors (Lipinski definition) is 4. The van der Waals surface area contributed by atoms with Crippen LogP contribution in [0.1, 0.15) is 26.2 Å². The molecular formula is C24H28Cl2N2O2. The minimum atomic E-state index is -0.101. The summed E-state index contributed by atoms with van der Waals surface area (Å²) in [4.78, 5) is 16.8. The number of rotatable bonds is 7. The van der Waals surface area contributed by atoms with Crippen molar-refractivity contribution in [2.45, 2.75) is 43.7 Å². The number of allylic oxidation sites excluding steroid dienone is 2. The Hall–Kier alpha value is -1.75. The van der Waals surface area contributed by atoms with Crippen LogP contribution in [0, 0.1) is 0 Å². The molecule has 0 saturated carbocycles. The standard InChI is InChI=1S/C24H28Cl2N2O2/c1-17(29)20-16-28(24-19(20)6-4-8-22(24)26)13-5-12-27-14-10-18(11-15-27)30-23-9-3-2-7-21(23)25/h2-4,6-9,16,18,22,24H,5,10-15H2,1H3. The van der Waals surface area contributed by atoms with Crippen LogP contribution < -0.4 is 4.74 Å². The van der Waals surface area contributed by atoms with E-state index in [0.29, 0.717) is 5.02 Å². The summed E-state index contributed by atoms with van der Waals surface area (Å²) < 4.78 is 6.09. The first-order valence-electron chi connectivity index (χ1n) is 10.7. The quantitative estimate of drug-likeness (QED) is 0.561. The third-order valence-corrected chi connectivity index (χ3v) is 6.79. The molecular weight excluding hydrogens is 419 g/mol. The van der Waals surface area contributed by atoms with Crippen LogP contribution in [0.4, 0.5) is 0 Å². The molecule has 2 aliphatic heterocycles. The Labute approximate surface area is 188 Å². The van der Waals surface area contributed by atoms with E-state index < -0.39 is 0 Å². The average molecular weight is 447 g/mol. The number of likely N-dealkylation sites (tertiary alicyclic amines) is 1. The molecule has 1 saturated heterocycles. The second kappa shape index (κ2) is 9.59. The van der Waals surface area contributed by atoms with E-state index in [4.69, 9.17) is 27.9 Å². The molecule has 2 heterocycles. The molecule has 0 amide bonds. The number of halogens is 2. The summed E-state index contributed by atoms with van der Waals surface area (Å²) in [7, 11) is 0. The van der Waals surface area contributed by atoms with E-state index in [1.54, 1.807) is 6.92 Å². The zero-order valence-electron chi connectivity index (χ0n) is 17.3. The normalized spacial score (nSPS) is 24.4. The SMILES string of the molecule is CC(=O)C1=CN(CCCN2CCC(Oc3ccccc3Cl)CC2)C2C1=CC=CC2Cl. The first kappa shape index (κ1) is 21.5. The van der Waals surface area contributed by atoms with Gasteiger partial charge in [0, 0.05) is 31.4 Å². The molecule has 1 aliphatic carbocycles. The van der Waals surface area contributed by atoms with Crippen molar-refractivity contribution in [2.75, 3.05) is 26.2 Å².